The SMILES string of the molecule is NCCC=Cc1ccc([N+](=O)[O-])o1. The minimum atomic E-state index is -0.569. The smallest absolute Gasteiger partial charge is 0.401 e. The first-order chi connectivity index (χ1) is 6.24. The van der Waals surface area contributed by atoms with Gasteiger partial charge in [0, 0.05) is 0 Å². The standard InChI is InChI=1S/C8H10N2O3/c9-6-2-1-3-7-4-5-8(13-7)10(11)12/h1,3-5H,2,6,9H2. The Kier molecular flexibility index (Phi) is 3.22. The molecule has 0 aliphatic rings. The van der Waals surface area contributed by atoms with Crippen molar-refractivity contribution in [1.29, 1.82) is 0 Å². The summed E-state index contributed by atoms with van der Waals surface area (Å²) >= 11 is 0. The Morgan fingerprint density at radius 3 is 2.92 bits per heavy atom. The van der Waals surface area contributed by atoms with Gasteiger partial charge in [-0.25, -0.2) is 0 Å². The van der Waals surface area contributed by atoms with E-state index in [0.717, 1.165) is 6.42 Å². The third kappa shape index (κ3) is 2.72. The van der Waals surface area contributed by atoms with E-state index in [1.807, 2.05) is 6.08 Å². The number of hydrogen-bond acceptors (Lipinski definition) is 4. The van der Waals surface area contributed by atoms with Gasteiger partial charge in [0.25, 0.3) is 0 Å². The van der Waals surface area contributed by atoms with E-state index >= 15 is 0 Å². The summed E-state index contributed by atoms with van der Waals surface area (Å²) in [4.78, 5) is 9.64. The van der Waals surface area contributed by atoms with Crippen LogP contribution in [0.15, 0.2) is 22.6 Å². The van der Waals surface area contributed by atoms with E-state index < -0.39 is 4.92 Å². The summed E-state index contributed by atoms with van der Waals surface area (Å²) in [6, 6.07) is 2.87. The molecular formula is C8H10N2O3. The fourth-order valence-electron chi connectivity index (χ4n) is 0.826. The highest BCUT2D eigenvalue weighted by molar-refractivity contribution is 5.44. The molecule has 2 N–H and O–H groups in total. The molecule has 5 nitrogen and oxygen atoms in total. The summed E-state index contributed by atoms with van der Waals surface area (Å²) in [5.74, 6) is 0.229. The molecule has 0 amide bonds. The van der Waals surface area contributed by atoms with Crippen molar-refractivity contribution in [2.45, 2.75) is 6.42 Å². The molecule has 0 unspecified atom stereocenters. The molecule has 0 aromatic carbocycles. The van der Waals surface area contributed by atoms with E-state index in [2.05, 4.69) is 0 Å². The molecule has 0 saturated heterocycles. The van der Waals surface area contributed by atoms with Gasteiger partial charge < -0.3 is 10.2 Å². The van der Waals surface area contributed by atoms with Gasteiger partial charge in [0.1, 0.15) is 10.7 Å². The molecule has 1 rings (SSSR count). The van der Waals surface area contributed by atoms with Crippen molar-refractivity contribution < 1.29 is 9.34 Å². The zero-order chi connectivity index (χ0) is 9.68. The van der Waals surface area contributed by atoms with Gasteiger partial charge in [-0.2, -0.15) is 0 Å². The third-order valence-electron chi connectivity index (χ3n) is 1.41. The number of furan rings is 1. The molecular weight excluding hydrogens is 172 g/mol. The lowest BCUT2D eigenvalue weighted by Gasteiger charge is -1.84. The number of nitro groups is 1. The molecule has 5 heteroatoms. The number of hydrogen-bond donors (Lipinski definition) is 1. The molecule has 0 atom stereocenters. The van der Waals surface area contributed by atoms with Crippen LogP contribution in [0, 0.1) is 10.1 Å². The van der Waals surface area contributed by atoms with E-state index in [0.29, 0.717) is 12.3 Å². The topological polar surface area (TPSA) is 82.3 Å². The van der Waals surface area contributed by atoms with E-state index in [9.17, 15) is 10.1 Å². The molecule has 1 aromatic rings. The van der Waals surface area contributed by atoms with Crippen molar-refractivity contribution in [1.82, 2.24) is 0 Å². The Labute approximate surface area is 75.0 Å². The van der Waals surface area contributed by atoms with Gasteiger partial charge in [0.2, 0.25) is 0 Å². The second-order valence-corrected chi connectivity index (χ2v) is 2.41. The Balaban J connectivity index is 2.64. The van der Waals surface area contributed by atoms with Crippen LogP contribution in [0.3, 0.4) is 0 Å². The lowest BCUT2D eigenvalue weighted by atomic mass is 10.3. The summed E-state index contributed by atoms with van der Waals surface area (Å²) in [5, 5.41) is 10.2. The summed E-state index contributed by atoms with van der Waals surface area (Å²) in [6.45, 7) is 0.555. The Hall–Kier alpha value is -1.62. The van der Waals surface area contributed by atoms with Crippen molar-refractivity contribution in [3.63, 3.8) is 0 Å². The first-order valence-electron chi connectivity index (χ1n) is 3.85. The maximum Gasteiger partial charge on any atom is 0.433 e. The van der Waals surface area contributed by atoms with E-state index in [1.165, 1.54) is 6.07 Å². The fraction of sp³-hybridized carbons (Fsp3) is 0.250. The summed E-state index contributed by atoms with van der Waals surface area (Å²) in [7, 11) is 0. The van der Waals surface area contributed by atoms with Crippen LogP contribution < -0.4 is 5.73 Å². The summed E-state index contributed by atoms with van der Waals surface area (Å²) in [5.41, 5.74) is 5.26. The summed E-state index contributed by atoms with van der Waals surface area (Å²) < 4.78 is 4.86. The molecule has 0 bridgehead atoms. The summed E-state index contributed by atoms with van der Waals surface area (Å²) in [6.07, 6.45) is 4.21. The quantitative estimate of drug-likeness (QED) is 0.565. The van der Waals surface area contributed by atoms with Gasteiger partial charge in [0.15, 0.2) is 0 Å². The van der Waals surface area contributed by atoms with Crippen molar-refractivity contribution in [2.75, 3.05) is 6.54 Å². The van der Waals surface area contributed by atoms with Crippen LogP contribution in [0.2, 0.25) is 0 Å². The molecule has 1 aromatic heterocycles. The first-order valence-corrected chi connectivity index (χ1v) is 3.85. The fourth-order valence-corrected chi connectivity index (χ4v) is 0.826. The average molecular weight is 182 g/mol. The predicted molar refractivity (Wildman–Crippen MR) is 48.1 cm³/mol. The lowest BCUT2D eigenvalue weighted by molar-refractivity contribution is -0.402. The van der Waals surface area contributed by atoms with Crippen molar-refractivity contribution >= 4 is 12.0 Å². The van der Waals surface area contributed by atoms with Crippen LogP contribution in [-0.4, -0.2) is 11.5 Å². The molecule has 0 aliphatic heterocycles. The Morgan fingerprint density at radius 1 is 1.62 bits per heavy atom. The zero-order valence-electron chi connectivity index (χ0n) is 6.97. The van der Waals surface area contributed by atoms with Crippen LogP contribution in [0.5, 0.6) is 0 Å². The predicted octanol–water partition coefficient (Wildman–Crippen LogP) is 1.55. The molecule has 70 valence electrons. The van der Waals surface area contributed by atoms with E-state index in [1.54, 1.807) is 12.1 Å². The van der Waals surface area contributed by atoms with Crippen LogP contribution in [0.4, 0.5) is 5.88 Å². The van der Waals surface area contributed by atoms with Crippen LogP contribution in [0.1, 0.15) is 12.2 Å². The highest BCUT2D eigenvalue weighted by atomic mass is 16.6. The minimum Gasteiger partial charge on any atom is -0.401 e. The number of rotatable bonds is 4. The molecule has 1 heterocycles. The number of nitrogens with two attached hydrogens (primary N) is 1. The molecule has 13 heavy (non-hydrogen) atoms. The normalized spacial score (nSPS) is 10.8. The van der Waals surface area contributed by atoms with Crippen molar-refractivity contribution in [2.24, 2.45) is 5.73 Å². The minimum absolute atomic E-state index is 0.243. The largest absolute Gasteiger partial charge is 0.433 e. The second kappa shape index (κ2) is 4.42. The highest BCUT2D eigenvalue weighted by Crippen LogP contribution is 2.16. The van der Waals surface area contributed by atoms with Gasteiger partial charge in [-0.3, -0.25) is 10.1 Å². The van der Waals surface area contributed by atoms with Crippen LogP contribution in [-0.2, 0) is 0 Å². The molecule has 0 fully saturated rings. The van der Waals surface area contributed by atoms with Crippen LogP contribution >= 0.6 is 0 Å². The Morgan fingerprint density at radius 2 is 2.38 bits per heavy atom. The first kappa shape index (κ1) is 9.47. The Bertz CT molecular complexity index is 317. The van der Waals surface area contributed by atoms with Gasteiger partial charge in [-0.1, -0.05) is 6.08 Å². The maximum absolute atomic E-state index is 10.2. The lowest BCUT2D eigenvalue weighted by Crippen LogP contribution is -1.94. The average Bonchev–Trinajstić information content (AvgIpc) is 2.53. The molecule has 0 saturated carbocycles. The second-order valence-electron chi connectivity index (χ2n) is 2.41. The van der Waals surface area contributed by atoms with Gasteiger partial charge >= 0.3 is 5.88 Å². The van der Waals surface area contributed by atoms with Crippen molar-refractivity contribution in [3.05, 3.63) is 34.1 Å². The maximum atomic E-state index is 10.2. The van der Waals surface area contributed by atoms with E-state index in [4.69, 9.17) is 10.2 Å². The zero-order valence-corrected chi connectivity index (χ0v) is 6.97. The molecule has 0 radical (unpaired) electrons. The highest BCUT2D eigenvalue weighted by Gasteiger charge is 2.09. The number of nitrogens with zero attached hydrogens (tertiary/aromatic N) is 1. The monoisotopic (exact) mass is 182 g/mol. The van der Waals surface area contributed by atoms with Crippen molar-refractivity contribution in [3.8, 4) is 0 Å². The van der Waals surface area contributed by atoms with Crippen LogP contribution in [0.25, 0.3) is 6.08 Å². The third-order valence-corrected chi connectivity index (χ3v) is 1.41. The van der Waals surface area contributed by atoms with E-state index in [-0.39, 0.29) is 5.88 Å². The van der Waals surface area contributed by atoms with Gasteiger partial charge in [0.05, 0.1) is 6.07 Å². The van der Waals surface area contributed by atoms with Gasteiger partial charge in [-0.05, 0) is 25.1 Å². The molecule has 0 aliphatic carbocycles. The molecule has 0 spiro atoms. The van der Waals surface area contributed by atoms with Gasteiger partial charge in [-0.15, -0.1) is 0 Å².